The van der Waals surface area contributed by atoms with Crippen molar-refractivity contribution in [2.24, 2.45) is 0 Å². The van der Waals surface area contributed by atoms with Crippen molar-refractivity contribution in [3.8, 4) is 0 Å². The third kappa shape index (κ3) is 5.90. The summed E-state index contributed by atoms with van der Waals surface area (Å²) in [4.78, 5) is 17.4. The molecule has 0 aliphatic heterocycles. The third-order valence-electron chi connectivity index (χ3n) is 2.44. The zero-order valence-electron chi connectivity index (χ0n) is 13.6. The van der Waals surface area contributed by atoms with Gasteiger partial charge in [-0.2, -0.15) is 0 Å². The smallest absolute Gasteiger partial charge is 0.410 e. The molecule has 0 radical (unpaired) electrons. The molecular weight excluding hydrogens is 284 g/mol. The molecule has 0 spiro atoms. The van der Waals surface area contributed by atoms with Crippen LogP contribution in [0.1, 0.15) is 38.8 Å². The number of rotatable bonds is 3. The van der Waals surface area contributed by atoms with Crippen LogP contribution in [0.5, 0.6) is 0 Å². The molecule has 0 saturated carbocycles. The summed E-state index contributed by atoms with van der Waals surface area (Å²) in [5, 5.41) is 15.0. The van der Waals surface area contributed by atoms with Gasteiger partial charge in [0.1, 0.15) is 5.60 Å². The van der Waals surface area contributed by atoms with E-state index < -0.39 is 11.7 Å². The van der Waals surface area contributed by atoms with E-state index in [9.17, 15) is 4.79 Å². The van der Waals surface area contributed by atoms with E-state index in [4.69, 9.17) is 20.3 Å². The minimum atomic E-state index is -0.553. The second-order valence-electron chi connectivity index (χ2n) is 5.91. The van der Waals surface area contributed by atoms with Gasteiger partial charge in [0.2, 0.25) is 5.90 Å². The van der Waals surface area contributed by atoms with E-state index in [1.54, 1.807) is 40.1 Å². The lowest BCUT2D eigenvalue weighted by Crippen LogP contribution is -2.33. The van der Waals surface area contributed by atoms with Gasteiger partial charge in [-0.3, -0.25) is 15.8 Å². The first-order valence-corrected chi connectivity index (χ1v) is 6.78. The fourth-order valence-electron chi connectivity index (χ4n) is 1.59. The van der Waals surface area contributed by atoms with Crippen LogP contribution in [0.4, 0.5) is 4.79 Å². The van der Waals surface area contributed by atoms with Crippen LogP contribution in [0, 0.1) is 10.8 Å². The summed E-state index contributed by atoms with van der Waals surface area (Å²) in [6.07, 6.45) is 2.65. The fraction of sp³-hybridized carbons (Fsp3) is 0.467. The maximum absolute atomic E-state index is 11.9. The van der Waals surface area contributed by atoms with E-state index in [0.29, 0.717) is 12.1 Å². The van der Waals surface area contributed by atoms with E-state index in [1.165, 1.54) is 18.0 Å². The molecule has 1 rings (SSSR count). The van der Waals surface area contributed by atoms with Crippen molar-refractivity contribution in [1.29, 1.82) is 10.8 Å². The minimum Gasteiger partial charge on any atom is -0.444 e. The number of hydrogen-bond acceptors (Lipinski definition) is 6. The minimum absolute atomic E-state index is 0.0683. The van der Waals surface area contributed by atoms with Crippen molar-refractivity contribution < 1.29 is 14.3 Å². The average molecular weight is 306 g/mol. The van der Waals surface area contributed by atoms with Gasteiger partial charge < -0.3 is 14.4 Å². The molecule has 1 amide bonds. The standard InChI is InChI=1S/C15H22N4O3/c1-10(16)21-13(17)12-6-11(7-18-8-12)9-19(5)14(20)22-15(2,3)4/h6-8,16-17H,9H2,1-5H3. The molecule has 120 valence electrons. The maximum atomic E-state index is 11.9. The van der Waals surface area contributed by atoms with Crippen LogP contribution in [0.25, 0.3) is 0 Å². The summed E-state index contributed by atoms with van der Waals surface area (Å²) < 4.78 is 10.2. The number of carbonyl (C=O) groups is 1. The van der Waals surface area contributed by atoms with Crippen LogP contribution in [-0.2, 0) is 16.0 Å². The molecule has 0 unspecified atom stereocenters. The Kier molecular flexibility index (Phi) is 5.62. The Labute approximate surface area is 130 Å². The van der Waals surface area contributed by atoms with Gasteiger partial charge in [0.25, 0.3) is 0 Å². The van der Waals surface area contributed by atoms with Crippen LogP contribution in [0.3, 0.4) is 0 Å². The summed E-state index contributed by atoms with van der Waals surface area (Å²) in [5.74, 6) is -0.219. The molecule has 1 aromatic heterocycles. The van der Waals surface area contributed by atoms with Crippen LogP contribution in [0.2, 0.25) is 0 Å². The van der Waals surface area contributed by atoms with Crippen molar-refractivity contribution in [3.63, 3.8) is 0 Å². The maximum Gasteiger partial charge on any atom is 0.410 e. The highest BCUT2D eigenvalue weighted by molar-refractivity contribution is 5.98. The van der Waals surface area contributed by atoms with Gasteiger partial charge in [0.05, 0.1) is 12.1 Å². The molecule has 7 nitrogen and oxygen atoms in total. The Morgan fingerprint density at radius 3 is 2.50 bits per heavy atom. The fourth-order valence-corrected chi connectivity index (χ4v) is 1.59. The van der Waals surface area contributed by atoms with E-state index in [-0.39, 0.29) is 11.8 Å². The first kappa shape index (κ1) is 17.6. The molecule has 1 heterocycles. The predicted molar refractivity (Wildman–Crippen MR) is 83.3 cm³/mol. The van der Waals surface area contributed by atoms with Gasteiger partial charge in [-0.1, -0.05) is 0 Å². The highest BCUT2D eigenvalue weighted by Gasteiger charge is 2.19. The van der Waals surface area contributed by atoms with E-state index >= 15 is 0 Å². The zero-order chi connectivity index (χ0) is 16.9. The van der Waals surface area contributed by atoms with Crippen LogP contribution < -0.4 is 0 Å². The predicted octanol–water partition coefficient (Wildman–Crippen LogP) is 2.79. The lowest BCUT2D eigenvalue weighted by molar-refractivity contribution is 0.0285. The third-order valence-corrected chi connectivity index (χ3v) is 2.44. The van der Waals surface area contributed by atoms with E-state index in [0.717, 1.165) is 5.56 Å². The zero-order valence-corrected chi connectivity index (χ0v) is 13.6. The Morgan fingerprint density at radius 2 is 1.95 bits per heavy atom. The SMILES string of the molecule is CC(=N)OC(=N)c1cncc(CN(C)C(=O)OC(C)(C)C)c1. The Hall–Kier alpha value is -2.44. The largest absolute Gasteiger partial charge is 0.444 e. The van der Waals surface area contributed by atoms with Gasteiger partial charge >= 0.3 is 6.09 Å². The molecule has 0 atom stereocenters. The summed E-state index contributed by atoms with van der Waals surface area (Å²) >= 11 is 0. The van der Waals surface area contributed by atoms with Crippen molar-refractivity contribution in [1.82, 2.24) is 9.88 Å². The van der Waals surface area contributed by atoms with Crippen LogP contribution >= 0.6 is 0 Å². The lowest BCUT2D eigenvalue weighted by atomic mass is 10.2. The molecule has 0 saturated heterocycles. The normalized spacial score (nSPS) is 10.8. The van der Waals surface area contributed by atoms with E-state index in [1.807, 2.05) is 0 Å². The number of ether oxygens (including phenoxy) is 2. The second kappa shape index (κ2) is 7.02. The Morgan fingerprint density at radius 1 is 1.32 bits per heavy atom. The number of hydrogen-bond donors (Lipinski definition) is 2. The molecular formula is C15H22N4O3. The number of aromatic nitrogens is 1. The van der Waals surface area contributed by atoms with Crippen molar-refractivity contribution in [3.05, 3.63) is 29.6 Å². The summed E-state index contributed by atoms with van der Waals surface area (Å²) in [7, 11) is 1.63. The molecule has 0 fully saturated rings. The number of carbonyl (C=O) groups excluding carboxylic acids is 1. The van der Waals surface area contributed by atoms with Gasteiger partial charge in [-0.15, -0.1) is 0 Å². The summed E-state index contributed by atoms with van der Waals surface area (Å²) in [6.45, 7) is 7.16. The molecule has 0 aromatic carbocycles. The van der Waals surface area contributed by atoms with Gasteiger partial charge in [-0.25, -0.2) is 4.79 Å². The number of pyridine rings is 1. The molecule has 0 bridgehead atoms. The molecule has 7 heteroatoms. The van der Waals surface area contributed by atoms with Crippen LogP contribution in [-0.4, -0.2) is 40.4 Å². The van der Waals surface area contributed by atoms with Gasteiger partial charge in [-0.05, 0) is 32.4 Å². The average Bonchev–Trinajstić information content (AvgIpc) is 2.36. The Balaban J connectivity index is 2.76. The van der Waals surface area contributed by atoms with Gasteiger partial charge in [0.15, 0.2) is 5.90 Å². The highest BCUT2D eigenvalue weighted by atomic mass is 16.6. The molecule has 0 aliphatic carbocycles. The van der Waals surface area contributed by atoms with E-state index in [2.05, 4.69) is 4.98 Å². The van der Waals surface area contributed by atoms with Crippen LogP contribution in [0.15, 0.2) is 18.5 Å². The monoisotopic (exact) mass is 306 g/mol. The highest BCUT2D eigenvalue weighted by Crippen LogP contribution is 2.12. The number of nitrogens with zero attached hydrogens (tertiary/aromatic N) is 2. The molecule has 0 aliphatic rings. The molecule has 1 aromatic rings. The van der Waals surface area contributed by atoms with Crippen molar-refractivity contribution >= 4 is 17.9 Å². The number of amides is 1. The topological polar surface area (TPSA) is 99.4 Å². The quantitative estimate of drug-likeness (QED) is 0.662. The Bertz CT molecular complexity index is 578. The summed E-state index contributed by atoms with van der Waals surface area (Å²) in [5.41, 5.74) is 0.631. The second-order valence-corrected chi connectivity index (χ2v) is 5.91. The van der Waals surface area contributed by atoms with Crippen molar-refractivity contribution in [2.75, 3.05) is 7.05 Å². The first-order chi connectivity index (χ1) is 10.1. The van der Waals surface area contributed by atoms with Crippen molar-refractivity contribution in [2.45, 2.75) is 39.8 Å². The summed E-state index contributed by atoms with van der Waals surface area (Å²) in [6, 6.07) is 1.69. The first-order valence-electron chi connectivity index (χ1n) is 6.78. The lowest BCUT2D eigenvalue weighted by Gasteiger charge is -2.24. The number of nitrogens with one attached hydrogen (secondary N) is 2. The molecule has 2 N–H and O–H groups in total. The molecule has 22 heavy (non-hydrogen) atoms. The van der Waals surface area contributed by atoms with Gasteiger partial charge in [0, 0.05) is 26.4 Å².